The highest BCUT2D eigenvalue weighted by Crippen LogP contribution is 2.26. The molecule has 0 saturated heterocycles. The van der Waals surface area contributed by atoms with Crippen LogP contribution >= 0.6 is 0 Å². The highest BCUT2D eigenvalue weighted by Gasteiger charge is 2.35. The molecular weight excluding hydrogens is 468 g/mol. The third-order valence-corrected chi connectivity index (χ3v) is 7.05. The van der Waals surface area contributed by atoms with E-state index in [0.717, 1.165) is 18.4 Å². The average Bonchev–Trinajstić information content (AvgIpc) is 3.37. The number of benzene rings is 2. The van der Waals surface area contributed by atoms with Crippen LogP contribution in [-0.4, -0.2) is 42.1 Å². The first kappa shape index (κ1) is 28.1. The van der Waals surface area contributed by atoms with Gasteiger partial charge in [-0.05, 0) is 56.3 Å². The standard InChI is InChI=1S/C29H38N4O4/c30-17-8-7-14-22(29(37)32-24-16-9-15-23(24)27(31)35)19-26(34)25(18-20-10-3-1-4-11-20)33-28(36)21-12-5-2-6-13-21/h1-6,10-13,22-25H,7-9,14-19,30H2,(H2,31,35)(H,32,37)(H,33,36)/t22-,23-,24-,25+/m1/s1. The van der Waals surface area contributed by atoms with Gasteiger partial charge in [0.1, 0.15) is 0 Å². The van der Waals surface area contributed by atoms with E-state index in [2.05, 4.69) is 10.6 Å². The molecular formula is C29H38N4O4. The molecule has 1 aliphatic rings. The quantitative estimate of drug-likeness (QED) is 0.291. The van der Waals surface area contributed by atoms with Crippen LogP contribution in [0.5, 0.6) is 0 Å². The predicted molar refractivity (Wildman–Crippen MR) is 142 cm³/mol. The molecule has 1 saturated carbocycles. The lowest BCUT2D eigenvalue weighted by Gasteiger charge is -2.24. The summed E-state index contributed by atoms with van der Waals surface area (Å²) in [7, 11) is 0. The minimum Gasteiger partial charge on any atom is -0.369 e. The first-order chi connectivity index (χ1) is 17.9. The molecule has 0 radical (unpaired) electrons. The normalized spacial score (nSPS) is 18.5. The third kappa shape index (κ3) is 8.53. The van der Waals surface area contributed by atoms with Crippen molar-refractivity contribution >= 4 is 23.5 Å². The second-order valence-corrected chi connectivity index (χ2v) is 9.79. The van der Waals surface area contributed by atoms with Gasteiger partial charge in [-0.3, -0.25) is 19.2 Å². The fourth-order valence-electron chi connectivity index (χ4n) is 4.95. The van der Waals surface area contributed by atoms with Gasteiger partial charge >= 0.3 is 0 Å². The number of nitrogens with one attached hydrogen (secondary N) is 2. The molecule has 2 aromatic rings. The topological polar surface area (TPSA) is 144 Å². The maximum absolute atomic E-state index is 13.6. The van der Waals surface area contributed by atoms with Gasteiger partial charge in [-0.15, -0.1) is 0 Å². The number of carbonyl (C=O) groups excluding carboxylic acids is 4. The van der Waals surface area contributed by atoms with Gasteiger partial charge in [0, 0.05) is 23.9 Å². The minimum atomic E-state index is -0.787. The van der Waals surface area contributed by atoms with Gasteiger partial charge in [-0.2, -0.15) is 0 Å². The summed E-state index contributed by atoms with van der Waals surface area (Å²) in [6.45, 7) is 0.498. The predicted octanol–water partition coefficient (Wildman–Crippen LogP) is 2.50. The molecule has 4 atom stereocenters. The van der Waals surface area contributed by atoms with E-state index in [9.17, 15) is 19.2 Å². The Morgan fingerprint density at radius 1 is 0.919 bits per heavy atom. The minimum absolute atomic E-state index is 0.0169. The van der Waals surface area contributed by atoms with Crippen molar-refractivity contribution < 1.29 is 19.2 Å². The summed E-state index contributed by atoms with van der Waals surface area (Å²) in [4.78, 5) is 51.6. The summed E-state index contributed by atoms with van der Waals surface area (Å²) in [5, 5.41) is 5.87. The number of amides is 3. The summed E-state index contributed by atoms with van der Waals surface area (Å²) in [5.41, 5.74) is 12.6. The zero-order valence-electron chi connectivity index (χ0n) is 21.2. The molecule has 3 rings (SSSR count). The average molecular weight is 507 g/mol. The van der Waals surface area contributed by atoms with Crippen molar-refractivity contribution in [1.29, 1.82) is 0 Å². The fourth-order valence-corrected chi connectivity index (χ4v) is 4.95. The van der Waals surface area contributed by atoms with Gasteiger partial charge in [-0.1, -0.05) is 61.4 Å². The molecule has 0 bridgehead atoms. The lowest BCUT2D eigenvalue weighted by Crippen LogP contribution is -2.47. The molecule has 0 aromatic heterocycles. The van der Waals surface area contributed by atoms with Crippen molar-refractivity contribution in [3.63, 3.8) is 0 Å². The number of ketones is 1. The Balaban J connectivity index is 1.75. The van der Waals surface area contributed by atoms with Crippen LogP contribution in [0.1, 0.15) is 60.9 Å². The van der Waals surface area contributed by atoms with E-state index in [4.69, 9.17) is 11.5 Å². The van der Waals surface area contributed by atoms with Crippen LogP contribution in [-0.2, 0) is 20.8 Å². The van der Waals surface area contributed by atoms with Crippen molar-refractivity contribution in [3.05, 3.63) is 71.8 Å². The van der Waals surface area contributed by atoms with Crippen LogP contribution in [0.4, 0.5) is 0 Å². The van der Waals surface area contributed by atoms with Gasteiger partial charge in [-0.25, -0.2) is 0 Å². The Morgan fingerprint density at radius 3 is 2.24 bits per heavy atom. The SMILES string of the molecule is NCCCC[C@H](CC(=O)[C@H](Cc1ccccc1)NC(=O)c1ccccc1)C(=O)N[C@@H]1CCC[C@H]1C(N)=O. The van der Waals surface area contributed by atoms with E-state index in [1.807, 2.05) is 36.4 Å². The molecule has 198 valence electrons. The summed E-state index contributed by atoms with van der Waals surface area (Å²) in [5.74, 6) is -2.19. The number of carbonyl (C=O) groups is 4. The monoisotopic (exact) mass is 506 g/mol. The highest BCUT2D eigenvalue weighted by atomic mass is 16.2. The van der Waals surface area contributed by atoms with Crippen LogP contribution in [0, 0.1) is 11.8 Å². The highest BCUT2D eigenvalue weighted by molar-refractivity contribution is 5.98. The molecule has 37 heavy (non-hydrogen) atoms. The van der Waals surface area contributed by atoms with Gasteiger partial charge in [0.2, 0.25) is 11.8 Å². The first-order valence-electron chi connectivity index (χ1n) is 13.1. The Bertz CT molecular complexity index is 1040. The van der Waals surface area contributed by atoms with Crippen molar-refractivity contribution in [3.8, 4) is 0 Å². The summed E-state index contributed by atoms with van der Waals surface area (Å²) in [6, 6.07) is 17.1. The Kier molecular flexibility index (Phi) is 10.8. The number of hydrogen-bond acceptors (Lipinski definition) is 5. The van der Waals surface area contributed by atoms with E-state index in [1.54, 1.807) is 24.3 Å². The number of rotatable bonds is 14. The molecule has 1 aliphatic carbocycles. The molecule has 0 aliphatic heterocycles. The molecule has 0 heterocycles. The number of hydrogen-bond donors (Lipinski definition) is 4. The van der Waals surface area contributed by atoms with E-state index in [-0.39, 0.29) is 36.0 Å². The molecule has 1 fully saturated rings. The Hall–Kier alpha value is -3.52. The summed E-state index contributed by atoms with van der Waals surface area (Å²) in [6.07, 6.45) is 4.40. The molecule has 8 heteroatoms. The summed E-state index contributed by atoms with van der Waals surface area (Å²) < 4.78 is 0. The largest absolute Gasteiger partial charge is 0.369 e. The third-order valence-electron chi connectivity index (χ3n) is 7.05. The number of nitrogens with two attached hydrogens (primary N) is 2. The smallest absolute Gasteiger partial charge is 0.251 e. The number of unbranched alkanes of at least 4 members (excludes halogenated alkanes) is 1. The second kappa shape index (κ2) is 14.3. The van der Waals surface area contributed by atoms with Crippen LogP contribution in [0.25, 0.3) is 0 Å². The van der Waals surface area contributed by atoms with Gasteiger partial charge < -0.3 is 22.1 Å². The number of primary amides is 1. The van der Waals surface area contributed by atoms with Gasteiger partial charge in [0.05, 0.1) is 12.0 Å². The first-order valence-corrected chi connectivity index (χ1v) is 13.1. The lowest BCUT2D eigenvalue weighted by atomic mass is 9.90. The van der Waals surface area contributed by atoms with E-state index >= 15 is 0 Å². The van der Waals surface area contributed by atoms with Crippen LogP contribution < -0.4 is 22.1 Å². The Morgan fingerprint density at radius 2 is 1.59 bits per heavy atom. The van der Waals surface area contributed by atoms with E-state index < -0.39 is 17.9 Å². The van der Waals surface area contributed by atoms with E-state index in [1.165, 1.54) is 0 Å². The zero-order chi connectivity index (χ0) is 26.6. The molecule has 2 aromatic carbocycles. The van der Waals surface area contributed by atoms with Crippen LogP contribution in [0.3, 0.4) is 0 Å². The molecule has 0 spiro atoms. The maximum Gasteiger partial charge on any atom is 0.251 e. The molecule has 8 nitrogen and oxygen atoms in total. The number of Topliss-reactive ketones (excluding diaryl/α,β-unsaturated/α-hetero) is 1. The van der Waals surface area contributed by atoms with Crippen molar-refractivity contribution in [2.45, 2.75) is 63.5 Å². The zero-order valence-corrected chi connectivity index (χ0v) is 21.2. The van der Waals surface area contributed by atoms with Crippen LogP contribution in [0.15, 0.2) is 60.7 Å². The van der Waals surface area contributed by atoms with Crippen molar-refractivity contribution in [2.75, 3.05) is 6.54 Å². The molecule has 3 amide bonds. The lowest BCUT2D eigenvalue weighted by molar-refractivity contribution is -0.131. The Labute approximate surface area is 218 Å². The van der Waals surface area contributed by atoms with Crippen molar-refractivity contribution in [2.24, 2.45) is 23.3 Å². The van der Waals surface area contributed by atoms with Crippen LogP contribution in [0.2, 0.25) is 0 Å². The fraction of sp³-hybridized carbons (Fsp3) is 0.448. The summed E-state index contributed by atoms with van der Waals surface area (Å²) >= 11 is 0. The van der Waals surface area contributed by atoms with Gasteiger partial charge in [0.15, 0.2) is 5.78 Å². The van der Waals surface area contributed by atoms with E-state index in [0.29, 0.717) is 44.2 Å². The molecule has 6 N–H and O–H groups in total. The second-order valence-electron chi connectivity index (χ2n) is 9.79. The molecule has 0 unspecified atom stereocenters. The van der Waals surface area contributed by atoms with Crippen molar-refractivity contribution in [1.82, 2.24) is 10.6 Å². The maximum atomic E-state index is 13.6. The van der Waals surface area contributed by atoms with Gasteiger partial charge in [0.25, 0.3) is 5.91 Å².